The van der Waals surface area contributed by atoms with Gasteiger partial charge in [0.1, 0.15) is 0 Å². The van der Waals surface area contributed by atoms with Gasteiger partial charge in [-0.3, -0.25) is 0 Å². The highest BCUT2D eigenvalue weighted by Gasteiger charge is 2.14. The summed E-state index contributed by atoms with van der Waals surface area (Å²) in [7, 11) is 1.92. The van der Waals surface area contributed by atoms with Crippen LogP contribution < -0.4 is 0 Å². The first kappa shape index (κ1) is 16.1. The van der Waals surface area contributed by atoms with E-state index in [1.807, 2.05) is 42.8 Å². The summed E-state index contributed by atoms with van der Waals surface area (Å²) in [5.74, 6) is 1.30. The van der Waals surface area contributed by atoms with Crippen LogP contribution in [0.15, 0.2) is 29.4 Å². The highest BCUT2D eigenvalue weighted by Crippen LogP contribution is 2.25. The van der Waals surface area contributed by atoms with E-state index in [0.29, 0.717) is 18.6 Å². The Kier molecular flexibility index (Phi) is 5.57. The molecule has 2 rings (SSSR count). The largest absolute Gasteiger partial charge is 0.305 e. The molecule has 0 radical (unpaired) electrons. The third kappa shape index (κ3) is 3.87. The number of benzene rings is 1. The van der Waals surface area contributed by atoms with E-state index in [4.69, 9.17) is 10.5 Å². The van der Waals surface area contributed by atoms with Crippen LogP contribution in [-0.4, -0.2) is 20.5 Å². The third-order valence-corrected chi connectivity index (χ3v) is 4.53. The normalized spacial score (nSPS) is 11.6. The van der Waals surface area contributed by atoms with E-state index in [9.17, 15) is 0 Å². The molecule has 112 valence electrons. The molecule has 0 aliphatic heterocycles. The van der Waals surface area contributed by atoms with Gasteiger partial charge in [-0.05, 0) is 13.3 Å². The molecule has 0 aliphatic rings. The Morgan fingerprint density at radius 1 is 1.23 bits per heavy atom. The van der Waals surface area contributed by atoms with Gasteiger partial charge in [0.15, 0.2) is 11.0 Å². The van der Waals surface area contributed by atoms with Crippen molar-refractivity contribution < 1.29 is 0 Å². The lowest BCUT2D eigenvalue weighted by molar-refractivity contribution is 0.682. The minimum Gasteiger partial charge on any atom is -0.305 e. The van der Waals surface area contributed by atoms with Gasteiger partial charge < -0.3 is 4.57 Å². The van der Waals surface area contributed by atoms with E-state index in [1.165, 1.54) is 17.3 Å². The molecule has 0 saturated carbocycles. The summed E-state index contributed by atoms with van der Waals surface area (Å²) in [6, 6.07) is 12.5. The summed E-state index contributed by atoms with van der Waals surface area (Å²) < 4.78 is 1.94. The lowest BCUT2D eigenvalue weighted by atomic mass is 10.1. The maximum atomic E-state index is 9.09. The summed E-state index contributed by atoms with van der Waals surface area (Å²) in [5.41, 5.74) is 2.23. The zero-order valence-electron chi connectivity index (χ0n) is 12.7. The first-order chi connectivity index (χ1) is 10.7. The van der Waals surface area contributed by atoms with Gasteiger partial charge in [0, 0.05) is 24.8 Å². The topological polar surface area (TPSA) is 78.3 Å². The zero-order chi connectivity index (χ0) is 15.9. The SMILES string of the molecule is Cc1ccc(-c2nnc(SCC(C#N)CCC#N)n2C)cc1. The fourth-order valence-electron chi connectivity index (χ4n) is 1.99. The molecule has 6 heteroatoms. The highest BCUT2D eigenvalue weighted by molar-refractivity contribution is 7.99. The number of aryl methyl sites for hydroxylation is 1. The van der Waals surface area contributed by atoms with Gasteiger partial charge in [0.2, 0.25) is 0 Å². The van der Waals surface area contributed by atoms with E-state index in [-0.39, 0.29) is 5.92 Å². The van der Waals surface area contributed by atoms with Crippen LogP contribution in [0.3, 0.4) is 0 Å². The maximum absolute atomic E-state index is 9.09. The third-order valence-electron chi connectivity index (χ3n) is 3.35. The average molecular weight is 311 g/mol. The second kappa shape index (κ2) is 7.63. The molecule has 0 saturated heterocycles. The van der Waals surface area contributed by atoms with E-state index in [0.717, 1.165) is 16.5 Å². The van der Waals surface area contributed by atoms with Gasteiger partial charge in [0.05, 0.1) is 18.1 Å². The monoisotopic (exact) mass is 311 g/mol. The van der Waals surface area contributed by atoms with Crippen molar-refractivity contribution in [3.63, 3.8) is 0 Å². The van der Waals surface area contributed by atoms with Crippen molar-refractivity contribution in [2.45, 2.75) is 24.9 Å². The lowest BCUT2D eigenvalue weighted by Gasteiger charge is -2.07. The molecule has 1 aromatic carbocycles. The molecular weight excluding hydrogens is 294 g/mol. The number of nitriles is 2. The van der Waals surface area contributed by atoms with Crippen molar-refractivity contribution in [2.24, 2.45) is 13.0 Å². The Hall–Kier alpha value is -2.31. The second-order valence-corrected chi connectivity index (χ2v) is 6.05. The molecule has 0 amide bonds. The van der Waals surface area contributed by atoms with Gasteiger partial charge in [-0.15, -0.1) is 10.2 Å². The number of aromatic nitrogens is 3. The van der Waals surface area contributed by atoms with Crippen molar-refractivity contribution in [1.82, 2.24) is 14.8 Å². The fraction of sp³-hybridized carbons (Fsp3) is 0.375. The van der Waals surface area contributed by atoms with Crippen LogP contribution in [0.4, 0.5) is 0 Å². The molecule has 5 nitrogen and oxygen atoms in total. The second-order valence-electron chi connectivity index (χ2n) is 5.07. The quantitative estimate of drug-likeness (QED) is 0.765. The lowest BCUT2D eigenvalue weighted by Crippen LogP contribution is -2.02. The summed E-state index contributed by atoms with van der Waals surface area (Å²) in [6.45, 7) is 2.05. The van der Waals surface area contributed by atoms with Gasteiger partial charge in [-0.25, -0.2) is 0 Å². The van der Waals surface area contributed by atoms with E-state index in [1.54, 1.807) is 0 Å². The summed E-state index contributed by atoms with van der Waals surface area (Å²) in [6.07, 6.45) is 1.01. The van der Waals surface area contributed by atoms with Crippen LogP contribution in [0.25, 0.3) is 11.4 Å². The van der Waals surface area contributed by atoms with Crippen molar-refractivity contribution in [3.05, 3.63) is 29.8 Å². The van der Waals surface area contributed by atoms with Crippen molar-refractivity contribution in [1.29, 1.82) is 10.5 Å². The Labute approximate surface area is 134 Å². The van der Waals surface area contributed by atoms with E-state index >= 15 is 0 Å². The number of nitrogens with zero attached hydrogens (tertiary/aromatic N) is 5. The van der Waals surface area contributed by atoms with Crippen molar-refractivity contribution in [3.8, 4) is 23.5 Å². The molecule has 0 fully saturated rings. The number of hydrogen-bond acceptors (Lipinski definition) is 5. The Morgan fingerprint density at radius 3 is 2.59 bits per heavy atom. The molecule has 1 atom stereocenters. The van der Waals surface area contributed by atoms with Crippen LogP contribution in [0.2, 0.25) is 0 Å². The van der Waals surface area contributed by atoms with Crippen molar-refractivity contribution >= 4 is 11.8 Å². The molecule has 22 heavy (non-hydrogen) atoms. The predicted octanol–water partition coefficient (Wildman–Crippen LogP) is 3.33. The number of hydrogen-bond donors (Lipinski definition) is 0. The van der Waals surface area contributed by atoms with Crippen LogP contribution in [0.5, 0.6) is 0 Å². The molecule has 0 bridgehead atoms. The Morgan fingerprint density at radius 2 is 1.95 bits per heavy atom. The highest BCUT2D eigenvalue weighted by atomic mass is 32.2. The molecule has 2 aromatic rings. The maximum Gasteiger partial charge on any atom is 0.191 e. The van der Waals surface area contributed by atoms with Crippen LogP contribution in [0.1, 0.15) is 18.4 Å². The fourth-order valence-corrected chi connectivity index (χ4v) is 2.96. The van der Waals surface area contributed by atoms with Gasteiger partial charge in [0.25, 0.3) is 0 Å². The van der Waals surface area contributed by atoms with E-state index in [2.05, 4.69) is 22.3 Å². The molecule has 1 unspecified atom stereocenters. The van der Waals surface area contributed by atoms with Crippen LogP contribution in [0, 0.1) is 35.5 Å². The van der Waals surface area contributed by atoms with Gasteiger partial charge >= 0.3 is 0 Å². The minimum atomic E-state index is -0.135. The standard InChI is InChI=1S/C16H17N5S/c1-12-5-7-14(8-6-12)15-19-20-16(21(15)2)22-11-13(10-18)4-3-9-17/h5-8,13H,3-4,11H2,1-2H3. The average Bonchev–Trinajstić information content (AvgIpc) is 2.89. The van der Waals surface area contributed by atoms with Gasteiger partial charge in [-0.2, -0.15) is 10.5 Å². The van der Waals surface area contributed by atoms with E-state index < -0.39 is 0 Å². The zero-order valence-corrected chi connectivity index (χ0v) is 13.5. The molecule has 0 N–H and O–H groups in total. The predicted molar refractivity (Wildman–Crippen MR) is 85.9 cm³/mol. The molecule has 1 aromatic heterocycles. The Bertz CT molecular complexity index is 706. The molecule has 0 aliphatic carbocycles. The smallest absolute Gasteiger partial charge is 0.191 e. The number of rotatable bonds is 6. The van der Waals surface area contributed by atoms with Crippen LogP contribution in [-0.2, 0) is 7.05 Å². The summed E-state index contributed by atoms with van der Waals surface area (Å²) in [4.78, 5) is 0. The van der Waals surface area contributed by atoms with Crippen molar-refractivity contribution in [2.75, 3.05) is 5.75 Å². The minimum absolute atomic E-state index is 0.135. The molecule has 1 heterocycles. The first-order valence-corrected chi connectivity index (χ1v) is 8.00. The number of thioether (sulfide) groups is 1. The molecular formula is C16H17N5S. The van der Waals surface area contributed by atoms with Gasteiger partial charge in [-0.1, -0.05) is 41.6 Å². The Balaban J connectivity index is 2.07. The molecule has 0 spiro atoms. The van der Waals surface area contributed by atoms with Crippen LogP contribution >= 0.6 is 11.8 Å². The first-order valence-electron chi connectivity index (χ1n) is 7.01. The summed E-state index contributed by atoms with van der Waals surface area (Å²) in [5, 5.41) is 26.9. The summed E-state index contributed by atoms with van der Waals surface area (Å²) >= 11 is 1.51.